The predicted octanol–water partition coefficient (Wildman–Crippen LogP) is 0.194. The second-order valence-electron chi connectivity index (χ2n) is 4.29. The lowest BCUT2D eigenvalue weighted by Crippen LogP contribution is -2.36. The van der Waals surface area contributed by atoms with E-state index in [4.69, 9.17) is 11.5 Å². The van der Waals surface area contributed by atoms with Crippen LogP contribution < -0.4 is 20.6 Å². The van der Waals surface area contributed by atoms with Gasteiger partial charge in [0.15, 0.2) is 0 Å². The van der Waals surface area contributed by atoms with Gasteiger partial charge in [0.2, 0.25) is 0 Å². The number of anilines is 2. The van der Waals surface area contributed by atoms with Crippen molar-refractivity contribution >= 4 is 11.4 Å². The van der Waals surface area contributed by atoms with Crippen LogP contribution in [0.1, 0.15) is 0 Å². The molecule has 3 aromatic heterocycles. The first-order chi connectivity index (χ1) is 9.72. The highest BCUT2D eigenvalue weighted by atomic mass is 15.2. The standard InChI is InChI=1S/C14H12N6/c15-11-2-7-19(8-3-11)13-1-6-17-14(18-13)20-9-4-12(16)5-10-20/h1-10,15-16H/p+2. The smallest absolute Gasteiger partial charge is 0.399 e. The summed E-state index contributed by atoms with van der Waals surface area (Å²) in [5.74, 6) is 1.34. The SMILES string of the molecule is Nc1cc[n+](-c2ccnc(-[n+]3ccc(N)cc3)n2)cc1. The summed E-state index contributed by atoms with van der Waals surface area (Å²) in [6.45, 7) is 0. The van der Waals surface area contributed by atoms with E-state index in [0.29, 0.717) is 17.3 Å². The topological polar surface area (TPSA) is 85.6 Å². The van der Waals surface area contributed by atoms with Gasteiger partial charge in [0.1, 0.15) is 6.20 Å². The first kappa shape index (κ1) is 12.0. The van der Waals surface area contributed by atoms with Crippen molar-refractivity contribution in [3.05, 3.63) is 61.3 Å². The zero-order chi connectivity index (χ0) is 13.9. The molecule has 0 bridgehead atoms. The van der Waals surface area contributed by atoms with Gasteiger partial charge in [-0.2, -0.15) is 0 Å². The number of pyridine rings is 2. The van der Waals surface area contributed by atoms with Gasteiger partial charge >= 0.3 is 11.8 Å². The Morgan fingerprint density at radius 2 is 1.30 bits per heavy atom. The minimum Gasteiger partial charge on any atom is -0.399 e. The van der Waals surface area contributed by atoms with Crippen LogP contribution >= 0.6 is 0 Å². The maximum atomic E-state index is 5.68. The summed E-state index contributed by atoms with van der Waals surface area (Å²) in [5, 5.41) is 0. The second kappa shape index (κ2) is 4.93. The highest BCUT2D eigenvalue weighted by Gasteiger charge is 2.14. The molecule has 3 aromatic rings. The number of rotatable bonds is 2. The molecule has 6 heteroatoms. The van der Waals surface area contributed by atoms with Gasteiger partial charge in [-0.1, -0.05) is 4.98 Å². The van der Waals surface area contributed by atoms with Crippen molar-refractivity contribution in [3.8, 4) is 11.8 Å². The Labute approximate surface area is 116 Å². The minimum absolute atomic E-state index is 0.576. The fourth-order valence-electron chi connectivity index (χ4n) is 1.77. The summed E-state index contributed by atoms with van der Waals surface area (Å²) in [7, 11) is 0. The number of nitrogens with zero attached hydrogens (tertiary/aromatic N) is 4. The van der Waals surface area contributed by atoms with E-state index in [1.54, 1.807) is 22.9 Å². The van der Waals surface area contributed by atoms with E-state index < -0.39 is 0 Å². The van der Waals surface area contributed by atoms with Crippen molar-refractivity contribution in [1.82, 2.24) is 9.97 Å². The molecule has 6 nitrogen and oxygen atoms in total. The average Bonchev–Trinajstić information content (AvgIpc) is 2.49. The van der Waals surface area contributed by atoms with E-state index in [1.807, 2.05) is 47.6 Å². The molecule has 20 heavy (non-hydrogen) atoms. The van der Waals surface area contributed by atoms with E-state index in [-0.39, 0.29) is 0 Å². The zero-order valence-electron chi connectivity index (χ0n) is 10.7. The fraction of sp³-hybridized carbons (Fsp3) is 0. The van der Waals surface area contributed by atoms with Crippen molar-refractivity contribution in [1.29, 1.82) is 0 Å². The van der Waals surface area contributed by atoms with E-state index in [1.165, 1.54) is 0 Å². The van der Waals surface area contributed by atoms with Gasteiger partial charge in [0.05, 0.1) is 30.9 Å². The minimum atomic E-state index is 0.576. The number of nitrogens with two attached hydrogens (primary N) is 2. The lowest BCUT2D eigenvalue weighted by Gasteiger charge is -1.99. The molecule has 0 aromatic carbocycles. The molecule has 0 fully saturated rings. The van der Waals surface area contributed by atoms with Crippen LogP contribution in [-0.2, 0) is 0 Å². The van der Waals surface area contributed by atoms with Crippen molar-refractivity contribution < 1.29 is 9.13 Å². The second-order valence-corrected chi connectivity index (χ2v) is 4.29. The quantitative estimate of drug-likeness (QED) is 0.649. The Bertz CT molecular complexity index is 661. The van der Waals surface area contributed by atoms with Crippen molar-refractivity contribution in [2.45, 2.75) is 0 Å². The summed E-state index contributed by atoms with van der Waals surface area (Å²) in [6, 6.07) is 9.06. The fourth-order valence-corrected chi connectivity index (χ4v) is 1.77. The van der Waals surface area contributed by atoms with Gasteiger partial charge in [-0.15, -0.1) is 0 Å². The van der Waals surface area contributed by atoms with E-state index in [9.17, 15) is 0 Å². The molecule has 0 spiro atoms. The average molecular weight is 266 g/mol. The summed E-state index contributed by atoms with van der Waals surface area (Å²) in [5.41, 5.74) is 12.8. The largest absolute Gasteiger partial charge is 0.441 e. The van der Waals surface area contributed by atoms with Gasteiger partial charge < -0.3 is 11.5 Å². The Morgan fingerprint density at radius 3 is 1.90 bits per heavy atom. The van der Waals surface area contributed by atoms with Crippen LogP contribution in [0.3, 0.4) is 0 Å². The van der Waals surface area contributed by atoms with E-state index >= 15 is 0 Å². The number of hydrogen-bond donors (Lipinski definition) is 2. The molecule has 0 aliphatic carbocycles. The predicted molar refractivity (Wildman–Crippen MR) is 73.9 cm³/mol. The van der Waals surface area contributed by atoms with Gasteiger partial charge in [0, 0.05) is 23.5 Å². The Kier molecular flexibility index (Phi) is 2.96. The summed E-state index contributed by atoms with van der Waals surface area (Å²) >= 11 is 0. The third-order valence-corrected chi connectivity index (χ3v) is 2.83. The van der Waals surface area contributed by atoms with Gasteiger partial charge in [0.25, 0.3) is 0 Å². The van der Waals surface area contributed by atoms with Gasteiger partial charge in [-0.05, 0) is 17.1 Å². The normalized spacial score (nSPS) is 10.4. The first-order valence-electron chi connectivity index (χ1n) is 6.10. The van der Waals surface area contributed by atoms with Crippen molar-refractivity contribution in [2.24, 2.45) is 0 Å². The van der Waals surface area contributed by atoms with E-state index in [0.717, 1.165) is 5.82 Å². The van der Waals surface area contributed by atoms with Crippen molar-refractivity contribution in [3.63, 3.8) is 0 Å². The zero-order valence-corrected chi connectivity index (χ0v) is 10.7. The molecule has 0 aliphatic rings. The molecule has 4 N–H and O–H groups in total. The summed E-state index contributed by atoms with van der Waals surface area (Å²) < 4.78 is 3.68. The van der Waals surface area contributed by atoms with Crippen LogP contribution in [0.2, 0.25) is 0 Å². The van der Waals surface area contributed by atoms with Gasteiger partial charge in [-0.3, -0.25) is 0 Å². The van der Waals surface area contributed by atoms with Crippen LogP contribution in [0.25, 0.3) is 11.8 Å². The summed E-state index contributed by atoms with van der Waals surface area (Å²) in [6.07, 6.45) is 9.07. The highest BCUT2D eigenvalue weighted by molar-refractivity contribution is 5.33. The molecule has 0 atom stereocenters. The number of nitrogen functional groups attached to an aromatic ring is 2. The Morgan fingerprint density at radius 1 is 0.750 bits per heavy atom. The first-order valence-corrected chi connectivity index (χ1v) is 6.10. The molecule has 98 valence electrons. The van der Waals surface area contributed by atoms with Crippen LogP contribution in [0.5, 0.6) is 0 Å². The lowest BCUT2D eigenvalue weighted by atomic mass is 10.4. The van der Waals surface area contributed by atoms with Crippen LogP contribution in [0.15, 0.2) is 61.3 Å². The van der Waals surface area contributed by atoms with Crippen LogP contribution in [0, 0.1) is 0 Å². The Hall–Kier alpha value is -3.02. The molecule has 0 radical (unpaired) electrons. The van der Waals surface area contributed by atoms with Crippen LogP contribution in [0.4, 0.5) is 11.4 Å². The molecule has 0 amide bonds. The molecule has 0 unspecified atom stereocenters. The number of hydrogen-bond acceptors (Lipinski definition) is 4. The van der Waals surface area contributed by atoms with Crippen molar-refractivity contribution in [2.75, 3.05) is 11.5 Å². The Balaban J connectivity index is 2.01. The molecule has 0 saturated heterocycles. The van der Waals surface area contributed by atoms with Gasteiger partial charge in [-0.25, -0.2) is 9.13 Å². The molecule has 0 saturated carbocycles. The summed E-state index contributed by atoms with van der Waals surface area (Å²) in [4.78, 5) is 8.76. The lowest BCUT2D eigenvalue weighted by molar-refractivity contribution is -0.614. The van der Waals surface area contributed by atoms with Crippen LogP contribution in [-0.4, -0.2) is 9.97 Å². The third-order valence-electron chi connectivity index (χ3n) is 2.83. The number of aromatic nitrogens is 4. The molecule has 0 aliphatic heterocycles. The highest BCUT2D eigenvalue weighted by Crippen LogP contribution is 2.00. The molecule has 3 rings (SSSR count). The monoisotopic (exact) mass is 266 g/mol. The van der Waals surface area contributed by atoms with E-state index in [2.05, 4.69) is 9.97 Å². The molecular weight excluding hydrogens is 252 g/mol. The molecular formula is C14H14N6+2. The maximum Gasteiger partial charge on any atom is 0.441 e. The molecule has 3 heterocycles. The maximum absolute atomic E-state index is 5.68. The third kappa shape index (κ3) is 2.39.